The fourth-order valence-electron chi connectivity index (χ4n) is 1.28. The Morgan fingerprint density at radius 1 is 1.22 bits per heavy atom. The summed E-state index contributed by atoms with van der Waals surface area (Å²) in [5, 5.41) is 2.41. The molecule has 1 aromatic carbocycles. The highest BCUT2D eigenvalue weighted by Gasteiger charge is 2.09. The summed E-state index contributed by atoms with van der Waals surface area (Å²) in [5.74, 6) is -0.900. The third-order valence-corrected chi connectivity index (χ3v) is 2.07. The molecule has 1 amide bonds. The van der Waals surface area contributed by atoms with Crippen molar-refractivity contribution in [2.75, 3.05) is 7.11 Å². The van der Waals surface area contributed by atoms with Crippen molar-refractivity contribution in [2.24, 2.45) is 0 Å². The van der Waals surface area contributed by atoms with Gasteiger partial charge in [0.1, 0.15) is 5.70 Å². The second-order valence-corrected chi connectivity index (χ2v) is 3.52. The Bertz CT molecular complexity index is 475. The van der Waals surface area contributed by atoms with Gasteiger partial charge in [-0.25, -0.2) is 4.79 Å². The average Bonchev–Trinajstić information content (AvgIpc) is 2.37. The number of nitrogens with one attached hydrogen (secondary N) is 1. The van der Waals surface area contributed by atoms with E-state index in [1.807, 2.05) is 36.4 Å². The number of methoxy groups -OCH3 is 1. The van der Waals surface area contributed by atoms with Crippen molar-refractivity contribution in [1.82, 2.24) is 5.32 Å². The monoisotopic (exact) mass is 245 g/mol. The van der Waals surface area contributed by atoms with Crippen LogP contribution in [0.1, 0.15) is 12.5 Å². The Balaban J connectivity index is 2.80. The molecule has 0 aliphatic rings. The summed E-state index contributed by atoms with van der Waals surface area (Å²) < 4.78 is 4.56. The molecule has 0 unspecified atom stereocenters. The number of benzene rings is 1. The van der Waals surface area contributed by atoms with Crippen LogP contribution in [0.2, 0.25) is 0 Å². The number of hydrogen-bond acceptors (Lipinski definition) is 3. The zero-order valence-corrected chi connectivity index (χ0v) is 10.3. The molecule has 0 spiro atoms. The quantitative estimate of drug-likeness (QED) is 0.500. The van der Waals surface area contributed by atoms with Gasteiger partial charge in [-0.05, 0) is 11.6 Å². The lowest BCUT2D eigenvalue weighted by Crippen LogP contribution is -2.25. The third kappa shape index (κ3) is 4.65. The van der Waals surface area contributed by atoms with Crippen molar-refractivity contribution < 1.29 is 14.3 Å². The van der Waals surface area contributed by atoms with E-state index in [0.29, 0.717) is 0 Å². The summed E-state index contributed by atoms with van der Waals surface area (Å²) in [5.41, 5.74) is 1.11. The number of hydrogen-bond donors (Lipinski definition) is 1. The molecule has 18 heavy (non-hydrogen) atoms. The molecule has 0 bridgehead atoms. The van der Waals surface area contributed by atoms with Gasteiger partial charge in [-0.15, -0.1) is 0 Å². The minimum Gasteiger partial charge on any atom is -0.464 e. The van der Waals surface area contributed by atoms with Crippen LogP contribution in [0.3, 0.4) is 0 Å². The molecule has 0 saturated heterocycles. The standard InChI is InChI=1S/C14H15NO3/c1-11(16)15-13(14(17)18-2)10-6-9-12-7-4-3-5-8-12/h3-10H,1-2H3,(H,15,16)/b9-6+,13-10-. The van der Waals surface area contributed by atoms with Crippen LogP contribution < -0.4 is 5.32 Å². The lowest BCUT2D eigenvalue weighted by atomic mass is 10.2. The molecule has 1 rings (SSSR count). The Morgan fingerprint density at radius 2 is 1.89 bits per heavy atom. The van der Waals surface area contributed by atoms with E-state index < -0.39 is 5.97 Å². The van der Waals surface area contributed by atoms with E-state index in [9.17, 15) is 9.59 Å². The molecule has 0 aliphatic carbocycles. The van der Waals surface area contributed by atoms with Crippen molar-refractivity contribution in [2.45, 2.75) is 6.92 Å². The number of amides is 1. The van der Waals surface area contributed by atoms with Gasteiger partial charge in [0.05, 0.1) is 7.11 Å². The average molecular weight is 245 g/mol. The summed E-state index contributed by atoms with van der Waals surface area (Å²) in [6.07, 6.45) is 5.00. The van der Waals surface area contributed by atoms with Gasteiger partial charge in [0.15, 0.2) is 0 Å². The molecular formula is C14H15NO3. The van der Waals surface area contributed by atoms with Gasteiger partial charge in [-0.3, -0.25) is 4.79 Å². The normalized spacial score (nSPS) is 11.3. The molecule has 1 N–H and O–H groups in total. The summed E-state index contributed by atoms with van der Waals surface area (Å²) in [6, 6.07) is 9.61. The largest absolute Gasteiger partial charge is 0.464 e. The first-order chi connectivity index (χ1) is 8.63. The van der Waals surface area contributed by atoms with Crippen LogP contribution in [0.5, 0.6) is 0 Å². The maximum atomic E-state index is 11.4. The Hall–Kier alpha value is -2.36. The molecule has 0 atom stereocenters. The van der Waals surface area contributed by atoms with E-state index >= 15 is 0 Å². The lowest BCUT2D eigenvalue weighted by Gasteiger charge is -2.04. The summed E-state index contributed by atoms with van der Waals surface area (Å²) >= 11 is 0. The van der Waals surface area contributed by atoms with Crippen molar-refractivity contribution in [3.05, 3.63) is 53.7 Å². The minimum absolute atomic E-state index is 0.109. The predicted octanol–water partition coefficient (Wildman–Crippen LogP) is 1.89. The molecule has 0 saturated carbocycles. The highest BCUT2D eigenvalue weighted by Crippen LogP contribution is 2.02. The zero-order chi connectivity index (χ0) is 13.4. The van der Waals surface area contributed by atoms with Crippen LogP contribution in [0.4, 0.5) is 0 Å². The Morgan fingerprint density at radius 3 is 2.44 bits per heavy atom. The second-order valence-electron chi connectivity index (χ2n) is 3.52. The number of carbonyl (C=O) groups excluding carboxylic acids is 2. The van der Waals surface area contributed by atoms with Crippen molar-refractivity contribution in [3.8, 4) is 0 Å². The lowest BCUT2D eigenvalue weighted by molar-refractivity contribution is -0.137. The van der Waals surface area contributed by atoms with Gasteiger partial charge in [-0.1, -0.05) is 42.5 Å². The van der Waals surface area contributed by atoms with Crippen molar-refractivity contribution in [1.29, 1.82) is 0 Å². The van der Waals surface area contributed by atoms with Gasteiger partial charge < -0.3 is 10.1 Å². The third-order valence-electron chi connectivity index (χ3n) is 2.07. The predicted molar refractivity (Wildman–Crippen MR) is 69.4 cm³/mol. The van der Waals surface area contributed by atoms with Gasteiger partial charge in [0.25, 0.3) is 0 Å². The topological polar surface area (TPSA) is 55.4 Å². The number of carbonyl (C=O) groups is 2. The Labute approximate surface area is 106 Å². The maximum absolute atomic E-state index is 11.4. The van der Waals surface area contributed by atoms with E-state index in [1.165, 1.54) is 20.1 Å². The van der Waals surface area contributed by atoms with E-state index in [1.54, 1.807) is 6.08 Å². The van der Waals surface area contributed by atoms with Gasteiger partial charge in [-0.2, -0.15) is 0 Å². The fourth-order valence-corrected chi connectivity index (χ4v) is 1.28. The molecule has 0 fully saturated rings. The number of allylic oxidation sites excluding steroid dienone is 2. The summed E-state index contributed by atoms with van der Waals surface area (Å²) in [4.78, 5) is 22.3. The smallest absolute Gasteiger partial charge is 0.354 e. The van der Waals surface area contributed by atoms with Crippen LogP contribution in [-0.4, -0.2) is 19.0 Å². The van der Waals surface area contributed by atoms with Crippen LogP contribution in [0, 0.1) is 0 Å². The van der Waals surface area contributed by atoms with Gasteiger partial charge in [0.2, 0.25) is 5.91 Å². The summed E-state index contributed by atoms with van der Waals surface area (Å²) in [6.45, 7) is 1.33. The SMILES string of the molecule is COC(=O)/C(=C/C=C/c1ccccc1)NC(C)=O. The zero-order valence-electron chi connectivity index (χ0n) is 10.3. The number of rotatable bonds is 4. The molecule has 0 aliphatic heterocycles. The van der Waals surface area contributed by atoms with Gasteiger partial charge >= 0.3 is 5.97 Å². The maximum Gasteiger partial charge on any atom is 0.354 e. The van der Waals surface area contributed by atoms with E-state index in [4.69, 9.17) is 0 Å². The second kappa shape index (κ2) is 7.06. The van der Waals surface area contributed by atoms with Crippen LogP contribution in [0.25, 0.3) is 6.08 Å². The number of esters is 1. The van der Waals surface area contributed by atoms with Crippen LogP contribution in [0.15, 0.2) is 48.2 Å². The molecular weight excluding hydrogens is 230 g/mol. The minimum atomic E-state index is -0.581. The molecule has 1 aromatic rings. The first-order valence-electron chi connectivity index (χ1n) is 5.43. The van der Waals surface area contributed by atoms with Crippen LogP contribution >= 0.6 is 0 Å². The first kappa shape index (κ1) is 13.7. The molecule has 4 heteroatoms. The van der Waals surface area contributed by atoms with Crippen molar-refractivity contribution >= 4 is 18.0 Å². The van der Waals surface area contributed by atoms with E-state index in [2.05, 4.69) is 10.1 Å². The summed E-state index contributed by atoms with van der Waals surface area (Å²) in [7, 11) is 1.26. The van der Waals surface area contributed by atoms with E-state index in [-0.39, 0.29) is 11.6 Å². The molecule has 94 valence electrons. The first-order valence-corrected chi connectivity index (χ1v) is 5.43. The number of ether oxygens (including phenoxy) is 1. The fraction of sp³-hybridized carbons (Fsp3) is 0.143. The van der Waals surface area contributed by atoms with Crippen molar-refractivity contribution in [3.63, 3.8) is 0 Å². The molecule has 4 nitrogen and oxygen atoms in total. The van der Waals surface area contributed by atoms with Crippen LogP contribution in [-0.2, 0) is 14.3 Å². The highest BCUT2D eigenvalue weighted by molar-refractivity contribution is 5.93. The van der Waals surface area contributed by atoms with Gasteiger partial charge in [0, 0.05) is 6.92 Å². The molecule has 0 radical (unpaired) electrons. The Kier molecular flexibility index (Phi) is 5.38. The molecule has 0 heterocycles. The highest BCUT2D eigenvalue weighted by atomic mass is 16.5. The van der Waals surface area contributed by atoms with E-state index in [0.717, 1.165) is 5.56 Å². The molecule has 0 aromatic heterocycles.